The maximum absolute atomic E-state index is 10.2. The Bertz CT molecular complexity index is 443. The number of benzene rings is 1. The van der Waals surface area contributed by atoms with Crippen molar-refractivity contribution in [3.05, 3.63) is 35.9 Å². The van der Waals surface area contributed by atoms with Crippen LogP contribution in [0.5, 0.6) is 0 Å². The van der Waals surface area contributed by atoms with Gasteiger partial charge in [-0.25, -0.2) is 4.79 Å². The van der Waals surface area contributed by atoms with Crippen molar-refractivity contribution in [1.29, 1.82) is 0 Å². The van der Waals surface area contributed by atoms with Crippen molar-refractivity contribution in [1.82, 2.24) is 5.32 Å². The van der Waals surface area contributed by atoms with E-state index in [2.05, 4.69) is 19.2 Å². The zero-order valence-electron chi connectivity index (χ0n) is 20.0. The molecule has 1 aromatic carbocycles. The van der Waals surface area contributed by atoms with Crippen molar-refractivity contribution in [2.24, 2.45) is 0 Å². The fourth-order valence-electron chi connectivity index (χ4n) is 3.47. The maximum atomic E-state index is 10.2. The minimum atomic E-state index is -0.879. The Labute approximate surface area is 187 Å². The van der Waals surface area contributed by atoms with E-state index in [4.69, 9.17) is 5.11 Å². The van der Waals surface area contributed by atoms with Crippen molar-refractivity contribution < 1.29 is 9.90 Å². The minimum Gasteiger partial charge on any atom is -0.478 e. The number of carbonyl (C=O) groups is 1. The number of rotatable bonds is 19. The molecule has 0 saturated heterocycles. The third kappa shape index (κ3) is 21.4. The molecule has 0 aliphatic rings. The predicted octanol–water partition coefficient (Wildman–Crippen LogP) is 8.24. The Morgan fingerprint density at radius 3 is 1.33 bits per heavy atom. The molecule has 0 spiro atoms. The maximum Gasteiger partial charge on any atom is 0.335 e. The Balaban J connectivity index is 0.000000769. The van der Waals surface area contributed by atoms with Gasteiger partial charge in [0, 0.05) is 0 Å². The van der Waals surface area contributed by atoms with E-state index in [1.807, 2.05) is 0 Å². The first-order valence-corrected chi connectivity index (χ1v) is 12.7. The lowest BCUT2D eigenvalue weighted by molar-refractivity contribution is 0.0697. The van der Waals surface area contributed by atoms with Crippen LogP contribution in [0.2, 0.25) is 0 Å². The van der Waals surface area contributed by atoms with Crippen molar-refractivity contribution in [2.75, 3.05) is 13.1 Å². The Kier molecular flexibility index (Phi) is 22.8. The van der Waals surface area contributed by atoms with Crippen LogP contribution >= 0.6 is 0 Å². The minimum absolute atomic E-state index is 0.331. The summed E-state index contributed by atoms with van der Waals surface area (Å²) in [6.07, 6.45) is 22.8. The van der Waals surface area contributed by atoms with E-state index in [-0.39, 0.29) is 0 Å². The van der Waals surface area contributed by atoms with Crippen molar-refractivity contribution in [2.45, 2.75) is 117 Å². The van der Waals surface area contributed by atoms with E-state index in [1.165, 1.54) is 116 Å². The molecule has 3 heteroatoms. The van der Waals surface area contributed by atoms with Crippen LogP contribution in [0.15, 0.2) is 30.3 Å². The average molecular weight is 420 g/mol. The lowest BCUT2D eigenvalue weighted by Crippen LogP contribution is -2.16. The van der Waals surface area contributed by atoms with Crippen LogP contribution in [0.1, 0.15) is 127 Å². The molecule has 3 nitrogen and oxygen atoms in total. The highest BCUT2D eigenvalue weighted by molar-refractivity contribution is 5.87. The molecule has 174 valence electrons. The van der Waals surface area contributed by atoms with E-state index < -0.39 is 5.97 Å². The van der Waals surface area contributed by atoms with Gasteiger partial charge in [-0.15, -0.1) is 0 Å². The third-order valence-electron chi connectivity index (χ3n) is 5.43. The van der Waals surface area contributed by atoms with Crippen LogP contribution in [0.4, 0.5) is 0 Å². The van der Waals surface area contributed by atoms with Gasteiger partial charge in [-0.3, -0.25) is 0 Å². The van der Waals surface area contributed by atoms with E-state index in [9.17, 15) is 4.79 Å². The molecular formula is C27H49NO2. The van der Waals surface area contributed by atoms with Gasteiger partial charge in [-0.05, 0) is 38.1 Å². The summed E-state index contributed by atoms with van der Waals surface area (Å²) in [7, 11) is 0. The Morgan fingerprint density at radius 1 is 0.633 bits per heavy atom. The van der Waals surface area contributed by atoms with Crippen LogP contribution in [0.25, 0.3) is 0 Å². The van der Waals surface area contributed by atoms with Gasteiger partial charge < -0.3 is 10.4 Å². The molecule has 1 aromatic rings. The molecule has 0 saturated carbocycles. The number of hydrogen-bond acceptors (Lipinski definition) is 2. The highest BCUT2D eigenvalue weighted by Crippen LogP contribution is 2.09. The zero-order valence-corrected chi connectivity index (χ0v) is 20.0. The fourth-order valence-corrected chi connectivity index (χ4v) is 3.47. The van der Waals surface area contributed by atoms with Crippen LogP contribution < -0.4 is 5.32 Å². The highest BCUT2D eigenvalue weighted by atomic mass is 16.4. The van der Waals surface area contributed by atoms with Crippen LogP contribution in [-0.4, -0.2) is 24.2 Å². The SMILES string of the molecule is CCCCCCCCCCNCCCCCCCCCC.O=C(O)c1ccccc1. The first-order chi connectivity index (χ1) is 14.7. The lowest BCUT2D eigenvalue weighted by atomic mass is 10.1. The highest BCUT2D eigenvalue weighted by Gasteiger charge is 1.96. The molecule has 0 unspecified atom stereocenters. The summed E-state index contributed by atoms with van der Waals surface area (Å²) < 4.78 is 0. The molecule has 2 N–H and O–H groups in total. The average Bonchev–Trinajstić information content (AvgIpc) is 2.77. The molecule has 0 atom stereocenters. The van der Waals surface area contributed by atoms with Gasteiger partial charge in [0.25, 0.3) is 0 Å². The molecule has 0 heterocycles. The molecule has 0 aromatic heterocycles. The van der Waals surface area contributed by atoms with Crippen molar-refractivity contribution in [3.8, 4) is 0 Å². The number of hydrogen-bond donors (Lipinski definition) is 2. The summed E-state index contributed by atoms with van der Waals surface area (Å²) in [5.74, 6) is -0.879. The predicted molar refractivity (Wildman–Crippen MR) is 131 cm³/mol. The summed E-state index contributed by atoms with van der Waals surface area (Å²) in [6, 6.07) is 8.30. The number of aromatic carboxylic acids is 1. The van der Waals surface area contributed by atoms with Gasteiger partial charge in [-0.2, -0.15) is 0 Å². The second-order valence-corrected chi connectivity index (χ2v) is 8.37. The molecule has 0 bridgehead atoms. The monoisotopic (exact) mass is 419 g/mol. The first-order valence-electron chi connectivity index (χ1n) is 12.7. The van der Waals surface area contributed by atoms with Gasteiger partial charge in [0.15, 0.2) is 0 Å². The van der Waals surface area contributed by atoms with E-state index in [0.717, 1.165) is 0 Å². The standard InChI is InChI=1S/C20H43N.C7H6O2/c1-3-5-7-9-11-13-15-17-19-21-20-18-16-14-12-10-8-6-4-2;8-7(9)6-4-2-1-3-5-6/h21H,3-20H2,1-2H3;1-5H,(H,8,9). The van der Waals surface area contributed by atoms with E-state index >= 15 is 0 Å². The smallest absolute Gasteiger partial charge is 0.335 e. The Hall–Kier alpha value is -1.35. The number of carboxylic acid groups (broad SMARTS) is 1. The number of unbranched alkanes of at least 4 members (excludes halogenated alkanes) is 14. The Morgan fingerprint density at radius 2 is 1.00 bits per heavy atom. The summed E-state index contributed by atoms with van der Waals surface area (Å²) in [5.41, 5.74) is 0.331. The van der Waals surface area contributed by atoms with Crippen LogP contribution in [0, 0.1) is 0 Å². The van der Waals surface area contributed by atoms with Gasteiger partial charge in [0.1, 0.15) is 0 Å². The van der Waals surface area contributed by atoms with E-state index in [1.54, 1.807) is 30.3 Å². The number of nitrogens with one attached hydrogen (secondary N) is 1. The number of carboxylic acids is 1. The molecule has 30 heavy (non-hydrogen) atoms. The van der Waals surface area contributed by atoms with Crippen molar-refractivity contribution in [3.63, 3.8) is 0 Å². The quantitative estimate of drug-likeness (QED) is 0.222. The summed E-state index contributed by atoms with van der Waals surface area (Å²) >= 11 is 0. The third-order valence-corrected chi connectivity index (χ3v) is 5.43. The fraction of sp³-hybridized carbons (Fsp3) is 0.741. The van der Waals surface area contributed by atoms with E-state index in [0.29, 0.717) is 5.56 Å². The molecule has 0 radical (unpaired) electrons. The second-order valence-electron chi connectivity index (χ2n) is 8.37. The van der Waals surface area contributed by atoms with Gasteiger partial charge in [0.2, 0.25) is 0 Å². The second kappa shape index (κ2) is 23.9. The molecule has 0 aliphatic heterocycles. The first kappa shape index (κ1) is 28.6. The van der Waals surface area contributed by atoms with Crippen molar-refractivity contribution >= 4 is 5.97 Å². The topological polar surface area (TPSA) is 49.3 Å². The van der Waals surface area contributed by atoms with Gasteiger partial charge in [-0.1, -0.05) is 122 Å². The summed E-state index contributed by atoms with van der Waals surface area (Å²) in [6.45, 7) is 7.06. The molecule has 0 fully saturated rings. The van der Waals surface area contributed by atoms with Gasteiger partial charge in [0.05, 0.1) is 5.56 Å². The molecule has 0 amide bonds. The van der Waals surface area contributed by atoms with Crippen LogP contribution in [-0.2, 0) is 0 Å². The normalized spacial score (nSPS) is 10.5. The van der Waals surface area contributed by atoms with Gasteiger partial charge >= 0.3 is 5.97 Å². The zero-order chi connectivity index (χ0) is 22.1. The lowest BCUT2D eigenvalue weighted by Gasteiger charge is -2.05. The summed E-state index contributed by atoms with van der Waals surface area (Å²) in [5, 5.41) is 12.0. The molecular weight excluding hydrogens is 370 g/mol. The van der Waals surface area contributed by atoms with Crippen LogP contribution in [0.3, 0.4) is 0 Å². The largest absolute Gasteiger partial charge is 0.478 e. The summed E-state index contributed by atoms with van der Waals surface area (Å²) in [4.78, 5) is 10.2. The molecule has 1 rings (SSSR count). The molecule has 0 aliphatic carbocycles.